The molecule has 0 saturated carbocycles. The van der Waals surface area contributed by atoms with Crippen molar-refractivity contribution in [3.05, 3.63) is 60.0 Å². The third-order valence-electron chi connectivity index (χ3n) is 3.37. The Morgan fingerprint density at radius 1 is 1.05 bits per heavy atom. The van der Waals surface area contributed by atoms with Gasteiger partial charge in [-0.2, -0.15) is 0 Å². The quantitative estimate of drug-likeness (QED) is 0.713. The summed E-state index contributed by atoms with van der Waals surface area (Å²) in [5.74, 6) is 0. The third-order valence-corrected chi connectivity index (χ3v) is 3.37. The van der Waals surface area contributed by atoms with E-state index in [1.807, 2.05) is 36.5 Å². The zero-order valence-electron chi connectivity index (χ0n) is 11.3. The van der Waals surface area contributed by atoms with Crippen LogP contribution in [0.3, 0.4) is 0 Å². The molecule has 1 aromatic carbocycles. The lowest BCUT2D eigenvalue weighted by molar-refractivity contribution is 1.02. The molecule has 0 aliphatic carbocycles. The first kappa shape index (κ1) is 12.4. The number of hydrogen-bond acceptors (Lipinski definition) is 4. The van der Waals surface area contributed by atoms with Gasteiger partial charge in [-0.1, -0.05) is 18.2 Å². The van der Waals surface area contributed by atoms with E-state index in [0.29, 0.717) is 12.2 Å². The minimum absolute atomic E-state index is 0.681. The number of para-hydroxylation sites is 1. The lowest BCUT2D eigenvalue weighted by Crippen LogP contribution is -2.04. The summed E-state index contributed by atoms with van der Waals surface area (Å²) in [5.41, 5.74) is 10.7. The molecule has 100 valence electrons. The van der Waals surface area contributed by atoms with Crippen molar-refractivity contribution in [3.63, 3.8) is 0 Å². The van der Waals surface area contributed by atoms with E-state index in [1.54, 1.807) is 6.20 Å². The van der Waals surface area contributed by atoms with Gasteiger partial charge in [0.2, 0.25) is 0 Å². The molecule has 4 nitrogen and oxygen atoms in total. The van der Waals surface area contributed by atoms with Gasteiger partial charge in [-0.3, -0.25) is 9.97 Å². The maximum atomic E-state index is 5.95. The van der Waals surface area contributed by atoms with E-state index in [2.05, 4.69) is 28.3 Å². The number of benzene rings is 1. The summed E-state index contributed by atoms with van der Waals surface area (Å²) < 4.78 is 0. The molecule has 20 heavy (non-hydrogen) atoms. The Labute approximate surface area is 117 Å². The third kappa shape index (κ3) is 2.28. The van der Waals surface area contributed by atoms with Crippen molar-refractivity contribution in [1.82, 2.24) is 9.97 Å². The van der Waals surface area contributed by atoms with Crippen LogP contribution in [0.2, 0.25) is 0 Å². The highest BCUT2D eigenvalue weighted by Gasteiger charge is 2.05. The average molecular weight is 264 g/mol. The summed E-state index contributed by atoms with van der Waals surface area (Å²) in [6.07, 6.45) is 3.58. The highest BCUT2D eigenvalue weighted by molar-refractivity contribution is 5.97. The van der Waals surface area contributed by atoms with E-state index in [4.69, 9.17) is 5.73 Å². The fourth-order valence-corrected chi connectivity index (χ4v) is 2.24. The first-order valence-corrected chi connectivity index (χ1v) is 6.53. The predicted molar refractivity (Wildman–Crippen MR) is 82.5 cm³/mol. The van der Waals surface area contributed by atoms with Crippen molar-refractivity contribution >= 4 is 22.3 Å². The van der Waals surface area contributed by atoms with Gasteiger partial charge in [-0.15, -0.1) is 0 Å². The van der Waals surface area contributed by atoms with Gasteiger partial charge in [0, 0.05) is 23.5 Å². The molecule has 3 rings (SSSR count). The maximum absolute atomic E-state index is 5.95. The van der Waals surface area contributed by atoms with E-state index < -0.39 is 0 Å². The van der Waals surface area contributed by atoms with Crippen molar-refractivity contribution in [2.45, 2.75) is 13.5 Å². The van der Waals surface area contributed by atoms with Gasteiger partial charge < -0.3 is 11.1 Å². The van der Waals surface area contributed by atoms with Crippen LogP contribution in [0.4, 0.5) is 11.4 Å². The molecule has 0 aliphatic heterocycles. The summed E-state index contributed by atoms with van der Waals surface area (Å²) in [6.45, 7) is 2.74. The van der Waals surface area contributed by atoms with Gasteiger partial charge in [0.25, 0.3) is 0 Å². The molecule has 0 atom stereocenters. The first-order valence-electron chi connectivity index (χ1n) is 6.53. The molecule has 2 aromatic heterocycles. The molecule has 0 spiro atoms. The number of nitrogen functional groups attached to an aromatic ring is 1. The van der Waals surface area contributed by atoms with Crippen LogP contribution in [0.15, 0.2) is 48.8 Å². The zero-order chi connectivity index (χ0) is 13.9. The van der Waals surface area contributed by atoms with E-state index in [1.165, 1.54) is 5.56 Å². The highest BCUT2D eigenvalue weighted by atomic mass is 14.9. The Morgan fingerprint density at radius 3 is 2.80 bits per heavy atom. The smallest absolute Gasteiger partial charge is 0.0951 e. The molecular formula is C16H16N4. The molecule has 3 aromatic rings. The van der Waals surface area contributed by atoms with Gasteiger partial charge in [0.1, 0.15) is 0 Å². The summed E-state index contributed by atoms with van der Waals surface area (Å²) in [7, 11) is 0. The Morgan fingerprint density at radius 2 is 1.95 bits per heavy atom. The molecule has 0 saturated heterocycles. The lowest BCUT2D eigenvalue weighted by atomic mass is 10.1. The Hall–Kier alpha value is -2.62. The standard InChI is InChI=1S/C16H16N4/c1-11-4-3-8-18-15(11)10-20-14-7-9-19-16-12(14)5-2-6-13(16)17/h2-9H,10,17H2,1H3,(H,19,20). The second kappa shape index (κ2) is 5.17. The Balaban J connectivity index is 1.92. The number of nitrogens with two attached hydrogens (primary N) is 1. The number of nitrogens with zero attached hydrogens (tertiary/aromatic N) is 2. The number of aryl methyl sites for hydroxylation is 1. The van der Waals surface area contributed by atoms with Gasteiger partial charge >= 0.3 is 0 Å². The number of nitrogens with one attached hydrogen (secondary N) is 1. The summed E-state index contributed by atoms with van der Waals surface area (Å²) in [6, 6.07) is 11.8. The predicted octanol–water partition coefficient (Wildman–Crippen LogP) is 3.13. The van der Waals surface area contributed by atoms with E-state index in [0.717, 1.165) is 22.3 Å². The molecule has 0 amide bonds. The molecule has 4 heteroatoms. The van der Waals surface area contributed by atoms with Crippen LogP contribution in [0.1, 0.15) is 11.3 Å². The van der Waals surface area contributed by atoms with Crippen LogP contribution in [0.25, 0.3) is 10.9 Å². The van der Waals surface area contributed by atoms with Crippen molar-refractivity contribution < 1.29 is 0 Å². The fourth-order valence-electron chi connectivity index (χ4n) is 2.24. The minimum atomic E-state index is 0.681. The number of aromatic nitrogens is 2. The summed E-state index contributed by atoms with van der Waals surface area (Å²) in [5, 5.41) is 4.44. The second-order valence-electron chi connectivity index (χ2n) is 4.72. The van der Waals surface area contributed by atoms with Crippen LogP contribution >= 0.6 is 0 Å². The lowest BCUT2D eigenvalue weighted by Gasteiger charge is -2.11. The molecule has 0 radical (unpaired) electrons. The molecule has 0 bridgehead atoms. The molecule has 0 unspecified atom stereocenters. The normalized spacial score (nSPS) is 10.7. The Kier molecular flexibility index (Phi) is 3.21. The fraction of sp³-hybridized carbons (Fsp3) is 0.125. The Bertz CT molecular complexity index is 752. The van der Waals surface area contributed by atoms with Crippen molar-refractivity contribution in [2.24, 2.45) is 0 Å². The average Bonchev–Trinajstić information content (AvgIpc) is 2.47. The van der Waals surface area contributed by atoms with Gasteiger partial charge in [-0.25, -0.2) is 0 Å². The monoisotopic (exact) mass is 264 g/mol. The van der Waals surface area contributed by atoms with Crippen LogP contribution < -0.4 is 11.1 Å². The first-order chi connectivity index (χ1) is 9.75. The minimum Gasteiger partial charge on any atom is -0.397 e. The van der Waals surface area contributed by atoms with E-state index in [9.17, 15) is 0 Å². The van der Waals surface area contributed by atoms with Gasteiger partial charge in [0.05, 0.1) is 23.4 Å². The molecular weight excluding hydrogens is 248 g/mol. The highest BCUT2D eigenvalue weighted by Crippen LogP contribution is 2.25. The zero-order valence-corrected chi connectivity index (χ0v) is 11.3. The van der Waals surface area contributed by atoms with Crippen molar-refractivity contribution in [1.29, 1.82) is 0 Å². The number of anilines is 2. The number of pyridine rings is 2. The summed E-state index contributed by atoms with van der Waals surface area (Å²) in [4.78, 5) is 8.72. The molecule has 3 N–H and O–H groups in total. The molecule has 0 fully saturated rings. The largest absolute Gasteiger partial charge is 0.397 e. The van der Waals surface area contributed by atoms with Gasteiger partial charge in [-0.05, 0) is 30.7 Å². The van der Waals surface area contributed by atoms with Crippen LogP contribution in [-0.2, 0) is 6.54 Å². The number of fused-ring (bicyclic) bond motifs is 1. The number of rotatable bonds is 3. The van der Waals surface area contributed by atoms with Crippen molar-refractivity contribution in [2.75, 3.05) is 11.1 Å². The molecule has 0 aliphatic rings. The summed E-state index contributed by atoms with van der Waals surface area (Å²) >= 11 is 0. The second-order valence-corrected chi connectivity index (χ2v) is 4.72. The maximum Gasteiger partial charge on any atom is 0.0951 e. The van der Waals surface area contributed by atoms with Gasteiger partial charge in [0.15, 0.2) is 0 Å². The topological polar surface area (TPSA) is 63.8 Å². The number of hydrogen-bond donors (Lipinski definition) is 2. The SMILES string of the molecule is Cc1cccnc1CNc1ccnc2c(N)cccc12. The van der Waals surface area contributed by atoms with Crippen LogP contribution in [0, 0.1) is 6.92 Å². The van der Waals surface area contributed by atoms with Crippen molar-refractivity contribution in [3.8, 4) is 0 Å². The van der Waals surface area contributed by atoms with E-state index >= 15 is 0 Å². The molecule has 2 heterocycles. The van der Waals surface area contributed by atoms with Crippen LogP contribution in [-0.4, -0.2) is 9.97 Å². The van der Waals surface area contributed by atoms with E-state index in [-0.39, 0.29) is 0 Å². The van der Waals surface area contributed by atoms with Crippen LogP contribution in [0.5, 0.6) is 0 Å².